The number of nitrogens with two attached hydrogens (primary N) is 1. The summed E-state index contributed by atoms with van der Waals surface area (Å²) in [6.45, 7) is -0.917. The van der Waals surface area contributed by atoms with Crippen LogP contribution in [0, 0.1) is 0 Å². The van der Waals surface area contributed by atoms with Crippen molar-refractivity contribution in [2.24, 2.45) is 0 Å². The standard InChI is InChI=1S/C9H14F2N4O2S/c1-13-8(17)6-7(12)14-18-9(6)15(2-3-16)4-5(10)11/h5,16H,2-4H2,1H3,(H2,12,14)(H,13,17). The van der Waals surface area contributed by atoms with Crippen molar-refractivity contribution in [2.45, 2.75) is 6.43 Å². The van der Waals surface area contributed by atoms with E-state index < -0.39 is 18.9 Å². The molecule has 0 spiro atoms. The zero-order valence-corrected chi connectivity index (χ0v) is 10.5. The van der Waals surface area contributed by atoms with Crippen molar-refractivity contribution in [3.8, 4) is 0 Å². The Bertz CT molecular complexity index is 413. The van der Waals surface area contributed by atoms with Gasteiger partial charge in [-0.15, -0.1) is 0 Å². The number of nitrogens with one attached hydrogen (secondary N) is 1. The van der Waals surface area contributed by atoms with E-state index in [1.54, 1.807) is 0 Å². The van der Waals surface area contributed by atoms with Crippen LogP contribution >= 0.6 is 11.5 Å². The molecule has 0 unspecified atom stereocenters. The average Bonchev–Trinajstić information content (AvgIpc) is 2.69. The molecule has 0 aliphatic carbocycles. The molecule has 102 valence electrons. The van der Waals surface area contributed by atoms with Gasteiger partial charge in [0, 0.05) is 13.6 Å². The van der Waals surface area contributed by atoms with E-state index >= 15 is 0 Å². The number of alkyl halides is 2. The van der Waals surface area contributed by atoms with Crippen molar-refractivity contribution in [1.82, 2.24) is 9.69 Å². The molecule has 0 aromatic carbocycles. The van der Waals surface area contributed by atoms with Crippen molar-refractivity contribution in [3.63, 3.8) is 0 Å². The Kier molecular flexibility index (Phi) is 5.23. The minimum atomic E-state index is -2.59. The number of amides is 1. The van der Waals surface area contributed by atoms with Crippen molar-refractivity contribution in [2.75, 3.05) is 37.4 Å². The first-order valence-electron chi connectivity index (χ1n) is 5.12. The lowest BCUT2D eigenvalue weighted by atomic mass is 10.2. The van der Waals surface area contributed by atoms with Gasteiger partial charge in [0.25, 0.3) is 12.3 Å². The third kappa shape index (κ3) is 3.26. The smallest absolute Gasteiger partial charge is 0.257 e. The average molecular weight is 280 g/mol. The number of aliphatic hydroxyl groups excluding tert-OH is 1. The molecule has 6 nitrogen and oxygen atoms in total. The Labute approximate surface area is 107 Å². The third-order valence-electron chi connectivity index (χ3n) is 2.17. The molecule has 9 heteroatoms. The highest BCUT2D eigenvalue weighted by atomic mass is 32.1. The van der Waals surface area contributed by atoms with Gasteiger partial charge in [-0.25, -0.2) is 8.78 Å². The normalized spacial score (nSPS) is 10.7. The number of halogens is 2. The predicted molar refractivity (Wildman–Crippen MR) is 65.2 cm³/mol. The van der Waals surface area contributed by atoms with Crippen LogP contribution in [0.3, 0.4) is 0 Å². The number of carbonyl (C=O) groups is 1. The van der Waals surface area contributed by atoms with E-state index in [1.165, 1.54) is 11.9 Å². The monoisotopic (exact) mass is 280 g/mol. The molecule has 0 atom stereocenters. The van der Waals surface area contributed by atoms with Crippen LogP contribution in [0.5, 0.6) is 0 Å². The van der Waals surface area contributed by atoms with Gasteiger partial charge in [0.1, 0.15) is 10.6 Å². The highest BCUT2D eigenvalue weighted by molar-refractivity contribution is 7.11. The lowest BCUT2D eigenvalue weighted by Crippen LogP contribution is -2.33. The molecular formula is C9H14F2N4O2S. The molecule has 1 aromatic rings. The fourth-order valence-electron chi connectivity index (χ4n) is 1.41. The predicted octanol–water partition coefficient (Wildman–Crippen LogP) is 0.149. The number of aliphatic hydroxyl groups is 1. The van der Waals surface area contributed by atoms with Crippen LogP contribution in [0.25, 0.3) is 0 Å². The third-order valence-corrected chi connectivity index (χ3v) is 3.09. The van der Waals surface area contributed by atoms with E-state index in [4.69, 9.17) is 10.8 Å². The Morgan fingerprint density at radius 2 is 2.33 bits per heavy atom. The number of aromatic nitrogens is 1. The fraction of sp³-hybridized carbons (Fsp3) is 0.556. The zero-order chi connectivity index (χ0) is 13.7. The highest BCUT2D eigenvalue weighted by Crippen LogP contribution is 2.30. The summed E-state index contributed by atoms with van der Waals surface area (Å²) in [4.78, 5) is 12.8. The largest absolute Gasteiger partial charge is 0.395 e. The second-order valence-electron chi connectivity index (χ2n) is 3.39. The van der Waals surface area contributed by atoms with Gasteiger partial charge in [-0.1, -0.05) is 0 Å². The number of carbonyl (C=O) groups excluding carboxylic acids is 1. The van der Waals surface area contributed by atoms with E-state index in [0.29, 0.717) is 0 Å². The summed E-state index contributed by atoms with van der Waals surface area (Å²) in [7, 11) is 1.41. The molecule has 0 saturated carbocycles. The van der Waals surface area contributed by atoms with Crippen LogP contribution in [0.1, 0.15) is 10.4 Å². The molecule has 1 rings (SSSR count). The van der Waals surface area contributed by atoms with Crippen LogP contribution < -0.4 is 16.0 Å². The Morgan fingerprint density at radius 3 is 2.83 bits per heavy atom. The maximum atomic E-state index is 12.4. The first-order valence-corrected chi connectivity index (χ1v) is 5.89. The van der Waals surface area contributed by atoms with E-state index in [-0.39, 0.29) is 29.5 Å². The summed E-state index contributed by atoms with van der Waals surface area (Å²) in [5.41, 5.74) is 5.61. The summed E-state index contributed by atoms with van der Waals surface area (Å²) in [6.07, 6.45) is -2.59. The molecule has 1 heterocycles. The van der Waals surface area contributed by atoms with Crippen molar-refractivity contribution in [3.05, 3.63) is 5.56 Å². The van der Waals surface area contributed by atoms with E-state index in [0.717, 1.165) is 11.5 Å². The quantitative estimate of drug-likeness (QED) is 0.690. The summed E-state index contributed by atoms with van der Waals surface area (Å²) >= 11 is 0.856. The van der Waals surface area contributed by atoms with Crippen molar-refractivity contribution >= 4 is 28.3 Å². The molecule has 0 fully saturated rings. The Hall–Kier alpha value is -1.48. The molecule has 0 aliphatic rings. The number of hydrogen-bond donors (Lipinski definition) is 3. The second kappa shape index (κ2) is 6.45. The Morgan fingerprint density at radius 1 is 1.67 bits per heavy atom. The molecule has 1 aromatic heterocycles. The zero-order valence-electron chi connectivity index (χ0n) is 9.69. The molecule has 0 saturated heterocycles. The first kappa shape index (κ1) is 14.6. The maximum absolute atomic E-state index is 12.4. The van der Waals surface area contributed by atoms with Crippen LogP contribution in [0.2, 0.25) is 0 Å². The number of nitrogen functional groups attached to an aromatic ring is 1. The van der Waals surface area contributed by atoms with E-state index in [2.05, 4.69) is 9.69 Å². The van der Waals surface area contributed by atoms with E-state index in [9.17, 15) is 13.6 Å². The number of hydrogen-bond acceptors (Lipinski definition) is 6. The van der Waals surface area contributed by atoms with Gasteiger partial charge < -0.3 is 21.1 Å². The molecule has 0 radical (unpaired) electrons. The molecule has 1 amide bonds. The minimum absolute atomic E-state index is 0.00782. The number of anilines is 2. The number of rotatable bonds is 6. The van der Waals surface area contributed by atoms with Gasteiger partial charge in [0.15, 0.2) is 5.82 Å². The highest BCUT2D eigenvalue weighted by Gasteiger charge is 2.24. The SMILES string of the molecule is CNC(=O)c1c(N)nsc1N(CCO)CC(F)F. The topological polar surface area (TPSA) is 91.5 Å². The lowest BCUT2D eigenvalue weighted by molar-refractivity contribution is 0.0963. The second-order valence-corrected chi connectivity index (χ2v) is 4.14. The molecule has 4 N–H and O–H groups in total. The molecular weight excluding hydrogens is 266 g/mol. The summed E-state index contributed by atoms with van der Waals surface area (Å²) in [6, 6.07) is 0. The van der Waals surface area contributed by atoms with Gasteiger partial charge in [-0.05, 0) is 11.5 Å². The van der Waals surface area contributed by atoms with Crippen LogP contribution in [-0.4, -0.2) is 48.6 Å². The fourth-order valence-corrected chi connectivity index (χ4v) is 2.26. The van der Waals surface area contributed by atoms with Gasteiger partial charge in [-0.3, -0.25) is 4.79 Å². The van der Waals surface area contributed by atoms with Crippen molar-refractivity contribution < 1.29 is 18.7 Å². The first-order chi connectivity index (χ1) is 8.51. The lowest BCUT2D eigenvalue weighted by Gasteiger charge is -2.22. The van der Waals surface area contributed by atoms with E-state index in [1.807, 2.05) is 0 Å². The maximum Gasteiger partial charge on any atom is 0.257 e. The minimum Gasteiger partial charge on any atom is -0.395 e. The molecule has 0 aliphatic heterocycles. The molecule has 18 heavy (non-hydrogen) atoms. The van der Waals surface area contributed by atoms with Gasteiger partial charge in [-0.2, -0.15) is 4.37 Å². The van der Waals surface area contributed by atoms with Gasteiger partial charge in [0.05, 0.1) is 13.2 Å². The van der Waals surface area contributed by atoms with Crippen LogP contribution in [-0.2, 0) is 0 Å². The number of nitrogens with zero attached hydrogens (tertiary/aromatic N) is 2. The Balaban J connectivity index is 3.07. The molecule has 0 bridgehead atoms. The van der Waals surface area contributed by atoms with Gasteiger partial charge in [0.2, 0.25) is 0 Å². The summed E-state index contributed by atoms with van der Waals surface area (Å²) in [5.74, 6) is -0.500. The van der Waals surface area contributed by atoms with Crippen LogP contribution in [0.15, 0.2) is 0 Å². The van der Waals surface area contributed by atoms with Gasteiger partial charge >= 0.3 is 0 Å². The summed E-state index contributed by atoms with van der Waals surface area (Å²) < 4.78 is 28.7. The summed E-state index contributed by atoms with van der Waals surface area (Å²) in [5, 5.41) is 11.5. The van der Waals surface area contributed by atoms with Crippen molar-refractivity contribution in [1.29, 1.82) is 0 Å². The van der Waals surface area contributed by atoms with Crippen LogP contribution in [0.4, 0.5) is 19.6 Å².